The van der Waals surface area contributed by atoms with Gasteiger partial charge in [-0.1, -0.05) is 96.3 Å². The van der Waals surface area contributed by atoms with Crippen LogP contribution in [0.4, 0.5) is 0 Å². The molecule has 0 unspecified atom stereocenters. The van der Waals surface area contributed by atoms with Crippen molar-refractivity contribution >= 4 is 105 Å². The number of nitrogens with zero attached hydrogens (tertiary/aromatic N) is 3. The maximum Gasteiger partial charge on any atom is 0.195 e. The van der Waals surface area contributed by atoms with Crippen LogP contribution < -0.4 is 0 Å². The molecule has 47 heavy (non-hydrogen) atoms. The molecule has 0 spiro atoms. The molecule has 0 atom stereocenters. The molecule has 4 nitrogen and oxygen atoms in total. The van der Waals surface area contributed by atoms with E-state index < -0.39 is 0 Å². The zero-order valence-electron chi connectivity index (χ0n) is 25.1. The van der Waals surface area contributed by atoms with E-state index in [0.29, 0.717) is 0 Å². The van der Waals surface area contributed by atoms with Gasteiger partial charge in [-0.05, 0) is 65.4 Å². The quantitative estimate of drug-likeness (QED) is 0.193. The number of benzene rings is 6. The summed E-state index contributed by atoms with van der Waals surface area (Å²) in [5, 5.41) is 9.44. The Morgan fingerprint density at radius 2 is 1.34 bits per heavy atom. The standard InChI is InChI=1S/C42H25N3OS/c1-2-11-26-23-36-31(22-25(26)10-1)28-13-3-6-16-33(28)44(36)27-12-9-18-35-32(24-27)29-14-4-7-17-34(29)45(35)42-43-41-39(47-42)21-20-38-40(41)30-15-5-8-19-37(30)46-38/h1-11,13-24H,12H2. The molecule has 1 aliphatic carbocycles. The molecule has 4 heterocycles. The van der Waals surface area contributed by atoms with Gasteiger partial charge in [-0.15, -0.1) is 0 Å². The van der Waals surface area contributed by atoms with Crippen LogP contribution >= 0.6 is 11.3 Å². The van der Waals surface area contributed by atoms with E-state index in [9.17, 15) is 0 Å². The van der Waals surface area contributed by atoms with Gasteiger partial charge in [0.15, 0.2) is 5.13 Å². The van der Waals surface area contributed by atoms with E-state index in [-0.39, 0.29) is 0 Å². The summed E-state index contributed by atoms with van der Waals surface area (Å²) >= 11 is 1.73. The van der Waals surface area contributed by atoms with Crippen LogP contribution in [-0.4, -0.2) is 14.1 Å². The van der Waals surface area contributed by atoms with E-state index in [2.05, 4.69) is 137 Å². The molecule has 6 aromatic carbocycles. The Morgan fingerprint density at radius 3 is 2.21 bits per heavy atom. The van der Waals surface area contributed by atoms with E-state index in [1.54, 1.807) is 11.3 Å². The van der Waals surface area contributed by atoms with Gasteiger partial charge in [0.2, 0.25) is 0 Å². The molecule has 0 aliphatic heterocycles. The fraction of sp³-hybridized carbons (Fsp3) is 0.0238. The van der Waals surface area contributed by atoms with Crippen molar-refractivity contribution in [3.8, 4) is 5.13 Å². The summed E-state index contributed by atoms with van der Waals surface area (Å²) in [6.07, 6.45) is 7.82. The molecule has 0 saturated carbocycles. The molecule has 0 amide bonds. The predicted octanol–water partition coefficient (Wildman–Crippen LogP) is 11.8. The Morgan fingerprint density at radius 1 is 0.617 bits per heavy atom. The number of furan rings is 1. The van der Waals surface area contributed by atoms with Gasteiger partial charge in [0.1, 0.15) is 11.2 Å². The highest BCUT2D eigenvalue weighted by Gasteiger charge is 2.23. The maximum atomic E-state index is 6.21. The van der Waals surface area contributed by atoms with Crippen molar-refractivity contribution in [2.75, 3.05) is 0 Å². The molecule has 0 saturated heterocycles. The van der Waals surface area contributed by atoms with Gasteiger partial charge < -0.3 is 8.98 Å². The van der Waals surface area contributed by atoms with E-state index in [4.69, 9.17) is 9.40 Å². The van der Waals surface area contributed by atoms with Crippen LogP contribution in [0.3, 0.4) is 0 Å². The third-order valence-electron chi connectivity index (χ3n) is 9.77. The second-order valence-corrected chi connectivity index (χ2v) is 13.4. The van der Waals surface area contributed by atoms with E-state index >= 15 is 0 Å². The van der Waals surface area contributed by atoms with Crippen LogP contribution in [0.15, 0.2) is 132 Å². The highest BCUT2D eigenvalue weighted by Crippen LogP contribution is 2.42. The summed E-state index contributed by atoms with van der Waals surface area (Å²) in [5.41, 5.74) is 9.99. The van der Waals surface area contributed by atoms with Crippen molar-refractivity contribution in [1.29, 1.82) is 0 Å². The number of hydrogen-bond donors (Lipinski definition) is 0. The van der Waals surface area contributed by atoms with E-state index in [0.717, 1.165) is 54.9 Å². The smallest absolute Gasteiger partial charge is 0.195 e. The number of thiazole rings is 1. The topological polar surface area (TPSA) is 35.9 Å². The molecule has 4 aromatic heterocycles. The minimum atomic E-state index is 0.811. The Bertz CT molecular complexity index is 3000. The SMILES string of the molecule is C1=Cc2c(c3ccccc3n2-c2nc3c(ccc4oc5ccccc5c43)s2)C=C(n2c3ccccc3c3cc4ccccc4cc32)C1. The van der Waals surface area contributed by atoms with Crippen LogP contribution in [-0.2, 0) is 0 Å². The first-order valence-electron chi connectivity index (χ1n) is 15.9. The summed E-state index contributed by atoms with van der Waals surface area (Å²) in [6, 6.07) is 43.3. The number of allylic oxidation sites excluding steroid dienone is 2. The van der Waals surface area contributed by atoms with Gasteiger partial charge in [-0.2, -0.15) is 0 Å². The summed E-state index contributed by atoms with van der Waals surface area (Å²) < 4.78 is 12.2. The fourth-order valence-corrected chi connectivity index (χ4v) is 8.73. The number of rotatable bonds is 2. The first kappa shape index (κ1) is 25.3. The van der Waals surface area contributed by atoms with Gasteiger partial charge in [-0.3, -0.25) is 4.57 Å². The molecule has 0 radical (unpaired) electrons. The van der Waals surface area contributed by atoms with Crippen molar-refractivity contribution in [1.82, 2.24) is 14.1 Å². The lowest BCUT2D eigenvalue weighted by molar-refractivity contribution is 0.669. The van der Waals surface area contributed by atoms with Crippen LogP contribution in [0.5, 0.6) is 0 Å². The third kappa shape index (κ3) is 3.49. The van der Waals surface area contributed by atoms with Gasteiger partial charge >= 0.3 is 0 Å². The van der Waals surface area contributed by atoms with Gasteiger partial charge in [0.25, 0.3) is 0 Å². The lowest BCUT2D eigenvalue weighted by Gasteiger charge is -2.11. The molecule has 0 bridgehead atoms. The van der Waals surface area contributed by atoms with Crippen LogP contribution in [0.1, 0.15) is 17.7 Å². The number of fused-ring (bicyclic) bond motifs is 12. The molecular formula is C42H25N3OS. The minimum Gasteiger partial charge on any atom is -0.456 e. The van der Waals surface area contributed by atoms with E-state index in [1.807, 2.05) is 12.1 Å². The Labute approximate surface area is 272 Å². The molecule has 0 N–H and O–H groups in total. The highest BCUT2D eigenvalue weighted by molar-refractivity contribution is 7.21. The zero-order chi connectivity index (χ0) is 30.6. The van der Waals surface area contributed by atoms with Gasteiger partial charge in [-0.25, -0.2) is 4.98 Å². The lowest BCUT2D eigenvalue weighted by atomic mass is 10.1. The first-order chi connectivity index (χ1) is 23.3. The molecular weight excluding hydrogens is 595 g/mol. The molecule has 11 rings (SSSR count). The second-order valence-electron chi connectivity index (χ2n) is 12.3. The summed E-state index contributed by atoms with van der Waals surface area (Å²) in [5.74, 6) is 0. The number of para-hydroxylation sites is 3. The number of aromatic nitrogens is 3. The van der Waals surface area contributed by atoms with Crippen LogP contribution in [0.2, 0.25) is 0 Å². The fourth-order valence-electron chi connectivity index (χ4n) is 7.73. The molecule has 0 fully saturated rings. The van der Waals surface area contributed by atoms with Gasteiger partial charge in [0, 0.05) is 39.2 Å². The van der Waals surface area contributed by atoms with Crippen molar-refractivity contribution in [2.45, 2.75) is 6.42 Å². The molecule has 220 valence electrons. The molecule has 1 aliphatic rings. The van der Waals surface area contributed by atoms with Gasteiger partial charge in [0.05, 0.1) is 37.8 Å². The summed E-state index contributed by atoms with van der Waals surface area (Å²) in [6.45, 7) is 0. The van der Waals surface area contributed by atoms with Crippen LogP contribution in [0.25, 0.3) is 98.6 Å². The average Bonchev–Trinajstić information content (AvgIpc) is 3.82. The Balaban J connectivity index is 1.18. The Hall–Kier alpha value is -5.91. The van der Waals surface area contributed by atoms with Crippen LogP contribution in [0, 0.1) is 0 Å². The normalized spacial score (nSPS) is 13.5. The largest absolute Gasteiger partial charge is 0.456 e. The Kier molecular flexibility index (Phi) is 5.02. The van der Waals surface area contributed by atoms with Crippen molar-refractivity contribution < 1.29 is 4.42 Å². The monoisotopic (exact) mass is 619 g/mol. The van der Waals surface area contributed by atoms with Crippen molar-refractivity contribution in [3.05, 3.63) is 139 Å². The third-order valence-corrected chi connectivity index (χ3v) is 10.8. The molecule has 10 aromatic rings. The zero-order valence-corrected chi connectivity index (χ0v) is 26.0. The average molecular weight is 620 g/mol. The predicted molar refractivity (Wildman–Crippen MR) is 198 cm³/mol. The van der Waals surface area contributed by atoms with E-state index in [1.165, 1.54) is 49.2 Å². The highest BCUT2D eigenvalue weighted by atomic mass is 32.1. The summed E-state index contributed by atoms with van der Waals surface area (Å²) in [4.78, 5) is 5.34. The second kappa shape index (κ2) is 9.32. The lowest BCUT2D eigenvalue weighted by Crippen LogP contribution is -1.96. The summed E-state index contributed by atoms with van der Waals surface area (Å²) in [7, 11) is 0. The minimum absolute atomic E-state index is 0.811. The maximum absolute atomic E-state index is 6.21. The van der Waals surface area contributed by atoms with Crippen molar-refractivity contribution in [3.63, 3.8) is 0 Å². The first-order valence-corrected chi connectivity index (χ1v) is 16.8. The number of hydrogen-bond acceptors (Lipinski definition) is 3. The van der Waals surface area contributed by atoms with Crippen molar-refractivity contribution in [2.24, 2.45) is 0 Å². The molecule has 5 heteroatoms.